The van der Waals surface area contributed by atoms with Crippen molar-refractivity contribution in [1.82, 2.24) is 9.97 Å². The first kappa shape index (κ1) is 16.5. The van der Waals surface area contributed by atoms with Crippen LogP contribution in [0.3, 0.4) is 0 Å². The maximum Gasteiger partial charge on any atom is 0.229 e. The fourth-order valence-electron chi connectivity index (χ4n) is 2.11. The van der Waals surface area contributed by atoms with Crippen molar-refractivity contribution in [3.05, 3.63) is 70.1 Å². The van der Waals surface area contributed by atoms with Gasteiger partial charge in [-0.1, -0.05) is 41.4 Å². The van der Waals surface area contributed by atoms with E-state index in [-0.39, 0.29) is 11.8 Å². The molecule has 0 amide bonds. The maximum atomic E-state index is 13.8. The zero-order valence-electron chi connectivity index (χ0n) is 12.6. The highest BCUT2D eigenvalue weighted by atomic mass is 35.5. The van der Waals surface area contributed by atoms with Crippen molar-refractivity contribution in [2.24, 2.45) is 0 Å². The molecule has 3 rings (SSSR count). The number of anilines is 4. The predicted molar refractivity (Wildman–Crippen MR) is 96.2 cm³/mol. The summed E-state index contributed by atoms with van der Waals surface area (Å²) in [6.07, 6.45) is 0. The summed E-state index contributed by atoms with van der Waals surface area (Å²) < 4.78 is 13.8. The van der Waals surface area contributed by atoms with Crippen LogP contribution in [0.5, 0.6) is 0 Å². The number of nitrogens with one attached hydrogen (secondary N) is 2. The number of para-hydroxylation sites is 1. The van der Waals surface area contributed by atoms with Gasteiger partial charge in [0.1, 0.15) is 11.6 Å². The van der Waals surface area contributed by atoms with E-state index in [1.807, 2.05) is 6.92 Å². The minimum Gasteiger partial charge on any atom is -0.339 e. The van der Waals surface area contributed by atoms with Crippen LogP contribution in [0.4, 0.5) is 27.5 Å². The summed E-state index contributed by atoms with van der Waals surface area (Å²) in [6.45, 7) is 1.82. The van der Waals surface area contributed by atoms with Crippen LogP contribution in [0, 0.1) is 12.7 Å². The largest absolute Gasteiger partial charge is 0.339 e. The van der Waals surface area contributed by atoms with Gasteiger partial charge in [0.2, 0.25) is 5.95 Å². The molecule has 0 radical (unpaired) electrons. The van der Waals surface area contributed by atoms with Crippen molar-refractivity contribution in [3.63, 3.8) is 0 Å². The predicted octanol–water partition coefficient (Wildman–Crippen LogP) is 5.72. The number of hydrogen-bond acceptors (Lipinski definition) is 4. The number of rotatable bonds is 4. The normalized spacial score (nSPS) is 10.5. The van der Waals surface area contributed by atoms with Gasteiger partial charge in [-0.25, -0.2) is 9.37 Å². The molecule has 4 nitrogen and oxygen atoms in total. The number of halogens is 3. The second-order valence-corrected chi connectivity index (χ2v) is 5.83. The summed E-state index contributed by atoms with van der Waals surface area (Å²) in [6, 6.07) is 13.3. The van der Waals surface area contributed by atoms with E-state index >= 15 is 0 Å². The summed E-state index contributed by atoms with van der Waals surface area (Å²) >= 11 is 12.2. The zero-order chi connectivity index (χ0) is 17.1. The lowest BCUT2D eigenvalue weighted by atomic mass is 10.3. The summed E-state index contributed by atoms with van der Waals surface area (Å²) in [7, 11) is 0. The van der Waals surface area contributed by atoms with Crippen molar-refractivity contribution in [2.45, 2.75) is 6.92 Å². The molecule has 3 aromatic rings. The van der Waals surface area contributed by atoms with Gasteiger partial charge in [0.25, 0.3) is 0 Å². The minimum atomic E-state index is -0.380. The first-order valence-electron chi connectivity index (χ1n) is 7.11. The SMILES string of the molecule is Cc1cc(Nc2cccc(Cl)c2Cl)nc(Nc2ccccc2F)n1. The molecule has 1 aromatic heterocycles. The molecule has 1 heterocycles. The number of aromatic nitrogens is 2. The Balaban J connectivity index is 1.89. The highest BCUT2D eigenvalue weighted by Gasteiger charge is 2.09. The lowest BCUT2D eigenvalue weighted by Gasteiger charge is -2.11. The first-order chi connectivity index (χ1) is 11.5. The standard InChI is InChI=1S/C17H13Cl2FN4/c1-10-9-15(22-14-8-4-5-11(18)16(14)19)24-17(21-10)23-13-7-3-2-6-12(13)20/h2-9H,1H3,(H2,21,22,23,24). The van der Waals surface area contributed by atoms with Crippen LogP contribution in [-0.2, 0) is 0 Å². The minimum absolute atomic E-state index is 0.278. The van der Waals surface area contributed by atoms with Crippen LogP contribution in [0.1, 0.15) is 5.69 Å². The molecule has 0 aliphatic heterocycles. The van der Waals surface area contributed by atoms with E-state index in [0.29, 0.717) is 32.9 Å². The molecule has 0 fully saturated rings. The third-order valence-electron chi connectivity index (χ3n) is 3.19. The second kappa shape index (κ2) is 7.03. The number of hydrogen-bond donors (Lipinski definition) is 2. The highest BCUT2D eigenvalue weighted by molar-refractivity contribution is 6.43. The smallest absolute Gasteiger partial charge is 0.229 e. The molecule has 0 unspecified atom stereocenters. The fourth-order valence-corrected chi connectivity index (χ4v) is 2.46. The van der Waals surface area contributed by atoms with Gasteiger partial charge in [0, 0.05) is 11.8 Å². The Morgan fingerprint density at radius 3 is 2.46 bits per heavy atom. The van der Waals surface area contributed by atoms with Crippen molar-refractivity contribution < 1.29 is 4.39 Å². The van der Waals surface area contributed by atoms with Gasteiger partial charge in [-0.15, -0.1) is 0 Å². The van der Waals surface area contributed by atoms with E-state index in [1.54, 1.807) is 42.5 Å². The van der Waals surface area contributed by atoms with E-state index < -0.39 is 0 Å². The Hall–Kier alpha value is -2.37. The number of nitrogens with zero attached hydrogens (tertiary/aromatic N) is 2. The first-order valence-corrected chi connectivity index (χ1v) is 7.87. The second-order valence-electron chi connectivity index (χ2n) is 5.05. The molecule has 2 aromatic carbocycles. The molecular formula is C17H13Cl2FN4. The van der Waals surface area contributed by atoms with E-state index in [2.05, 4.69) is 20.6 Å². The topological polar surface area (TPSA) is 49.8 Å². The summed E-state index contributed by atoms with van der Waals surface area (Å²) in [5, 5.41) is 6.81. The Morgan fingerprint density at radius 2 is 1.67 bits per heavy atom. The van der Waals surface area contributed by atoms with E-state index in [1.165, 1.54) is 6.07 Å². The van der Waals surface area contributed by atoms with Gasteiger partial charge in [-0.05, 0) is 31.2 Å². The van der Waals surface area contributed by atoms with E-state index in [9.17, 15) is 4.39 Å². The molecule has 7 heteroatoms. The molecule has 0 atom stereocenters. The molecule has 0 aliphatic carbocycles. The van der Waals surface area contributed by atoms with Gasteiger partial charge >= 0.3 is 0 Å². The lowest BCUT2D eigenvalue weighted by molar-refractivity contribution is 0.631. The summed E-state index contributed by atoms with van der Waals surface area (Å²) in [5.41, 5.74) is 1.64. The van der Waals surface area contributed by atoms with Gasteiger partial charge in [0.15, 0.2) is 0 Å². The average molecular weight is 363 g/mol. The Morgan fingerprint density at radius 1 is 0.917 bits per heavy atom. The Bertz CT molecular complexity index is 886. The van der Waals surface area contributed by atoms with Crippen LogP contribution in [0.2, 0.25) is 10.0 Å². The highest BCUT2D eigenvalue weighted by Crippen LogP contribution is 2.31. The van der Waals surface area contributed by atoms with Gasteiger partial charge in [0.05, 0.1) is 21.4 Å². The van der Waals surface area contributed by atoms with Crippen LogP contribution >= 0.6 is 23.2 Å². The third kappa shape index (κ3) is 3.75. The maximum absolute atomic E-state index is 13.8. The van der Waals surface area contributed by atoms with Crippen LogP contribution in [0.15, 0.2) is 48.5 Å². The van der Waals surface area contributed by atoms with E-state index in [4.69, 9.17) is 23.2 Å². The molecule has 24 heavy (non-hydrogen) atoms. The average Bonchev–Trinajstić information content (AvgIpc) is 2.54. The molecule has 122 valence electrons. The number of aryl methyl sites for hydroxylation is 1. The zero-order valence-corrected chi connectivity index (χ0v) is 14.2. The quantitative estimate of drug-likeness (QED) is 0.623. The van der Waals surface area contributed by atoms with Gasteiger partial charge in [-0.2, -0.15) is 4.98 Å². The molecule has 2 N–H and O–H groups in total. The Kier molecular flexibility index (Phi) is 4.83. The summed E-state index contributed by atoms with van der Waals surface area (Å²) in [5.74, 6) is 0.418. The molecule has 0 bridgehead atoms. The fraction of sp³-hybridized carbons (Fsp3) is 0.0588. The molecule has 0 saturated carbocycles. The van der Waals surface area contributed by atoms with Crippen LogP contribution in [0.25, 0.3) is 0 Å². The molecule has 0 aliphatic rings. The van der Waals surface area contributed by atoms with Crippen molar-refractivity contribution in [1.29, 1.82) is 0 Å². The monoisotopic (exact) mass is 362 g/mol. The van der Waals surface area contributed by atoms with Gasteiger partial charge in [-0.3, -0.25) is 0 Å². The van der Waals surface area contributed by atoms with Crippen LogP contribution in [-0.4, -0.2) is 9.97 Å². The summed E-state index contributed by atoms with van der Waals surface area (Å²) in [4.78, 5) is 8.60. The Labute approximate surface area is 148 Å². The van der Waals surface area contributed by atoms with Crippen molar-refractivity contribution >= 4 is 46.3 Å². The molecular weight excluding hydrogens is 350 g/mol. The van der Waals surface area contributed by atoms with E-state index in [0.717, 1.165) is 0 Å². The number of benzene rings is 2. The van der Waals surface area contributed by atoms with Crippen molar-refractivity contribution in [3.8, 4) is 0 Å². The van der Waals surface area contributed by atoms with Gasteiger partial charge < -0.3 is 10.6 Å². The molecule has 0 spiro atoms. The van der Waals surface area contributed by atoms with Crippen molar-refractivity contribution in [2.75, 3.05) is 10.6 Å². The molecule has 0 saturated heterocycles. The van der Waals surface area contributed by atoms with Crippen LogP contribution < -0.4 is 10.6 Å². The lowest BCUT2D eigenvalue weighted by Crippen LogP contribution is -2.03. The third-order valence-corrected chi connectivity index (χ3v) is 4.01.